The SMILES string of the molecule is COc1c(O)cc2c3c1O[C@H]1[C@@H](O)CC[C@@]4(O)[C@@H](C2)[N+](C)(CC2CC2)CC[C@]314. The van der Waals surface area contributed by atoms with Gasteiger partial charge in [-0.25, -0.2) is 0 Å². The molecule has 2 heterocycles. The lowest BCUT2D eigenvalue weighted by Crippen LogP contribution is -2.81. The van der Waals surface area contributed by atoms with Crippen molar-refractivity contribution in [3.05, 3.63) is 17.2 Å². The molecular formula is C22H30NO5+. The monoisotopic (exact) mass is 388 g/mol. The van der Waals surface area contributed by atoms with Gasteiger partial charge in [0.25, 0.3) is 0 Å². The molecular weight excluding hydrogens is 358 g/mol. The van der Waals surface area contributed by atoms with Crippen LogP contribution < -0.4 is 9.47 Å². The third-order valence-electron chi connectivity index (χ3n) is 8.73. The number of phenols is 1. The van der Waals surface area contributed by atoms with Gasteiger partial charge in [0.05, 0.1) is 38.8 Å². The number of benzene rings is 1. The lowest BCUT2D eigenvalue weighted by molar-refractivity contribution is -0.950. The molecule has 6 nitrogen and oxygen atoms in total. The first-order valence-electron chi connectivity index (χ1n) is 10.7. The molecule has 6 rings (SSSR count). The average molecular weight is 388 g/mol. The summed E-state index contributed by atoms with van der Waals surface area (Å²) in [5, 5.41) is 33.8. The largest absolute Gasteiger partial charge is 0.504 e. The highest BCUT2D eigenvalue weighted by atomic mass is 16.5. The van der Waals surface area contributed by atoms with E-state index in [2.05, 4.69) is 7.05 Å². The summed E-state index contributed by atoms with van der Waals surface area (Å²) in [5.74, 6) is 1.73. The number of likely N-dealkylation sites (N-methyl/N-ethyl adjacent to an activating group) is 1. The predicted octanol–water partition coefficient (Wildman–Crippen LogP) is 1.47. The van der Waals surface area contributed by atoms with Gasteiger partial charge in [-0.15, -0.1) is 0 Å². The number of quaternary nitrogens is 1. The van der Waals surface area contributed by atoms with Crippen LogP contribution in [-0.2, 0) is 11.8 Å². The average Bonchev–Trinajstić information content (AvgIpc) is 3.38. The molecule has 0 amide bonds. The molecule has 6 atom stereocenters. The molecule has 0 aromatic heterocycles. The summed E-state index contributed by atoms with van der Waals surface area (Å²) in [6, 6.07) is 1.87. The second-order valence-electron chi connectivity index (χ2n) is 10.1. The van der Waals surface area contributed by atoms with Crippen molar-refractivity contribution in [1.29, 1.82) is 0 Å². The number of phenolic OH excluding ortho intramolecular Hbond substituents is 1. The number of ether oxygens (including phenoxy) is 2. The number of methoxy groups -OCH3 is 1. The van der Waals surface area contributed by atoms with Crippen LogP contribution in [0, 0.1) is 5.92 Å². The Morgan fingerprint density at radius 1 is 1.29 bits per heavy atom. The molecule has 3 N–H and O–H groups in total. The van der Waals surface area contributed by atoms with Crippen LogP contribution in [0.4, 0.5) is 0 Å². The second kappa shape index (κ2) is 5.15. The quantitative estimate of drug-likeness (QED) is 0.684. The molecule has 28 heavy (non-hydrogen) atoms. The Morgan fingerprint density at radius 3 is 2.79 bits per heavy atom. The summed E-state index contributed by atoms with van der Waals surface area (Å²) in [6.07, 6.45) is 4.16. The van der Waals surface area contributed by atoms with Crippen molar-refractivity contribution in [2.24, 2.45) is 5.92 Å². The number of hydrogen-bond donors (Lipinski definition) is 3. The van der Waals surface area contributed by atoms with Crippen LogP contribution in [0.3, 0.4) is 0 Å². The van der Waals surface area contributed by atoms with E-state index in [9.17, 15) is 15.3 Å². The van der Waals surface area contributed by atoms with Crippen molar-refractivity contribution in [1.82, 2.24) is 0 Å². The summed E-state index contributed by atoms with van der Waals surface area (Å²) in [6.45, 7) is 2.10. The number of rotatable bonds is 3. The molecule has 3 fully saturated rings. The molecule has 0 radical (unpaired) electrons. The van der Waals surface area contributed by atoms with Crippen LogP contribution in [0.25, 0.3) is 0 Å². The van der Waals surface area contributed by atoms with Crippen molar-refractivity contribution >= 4 is 0 Å². The van der Waals surface area contributed by atoms with Gasteiger partial charge < -0.3 is 29.3 Å². The predicted molar refractivity (Wildman–Crippen MR) is 102 cm³/mol. The fourth-order valence-electron chi connectivity index (χ4n) is 7.38. The minimum Gasteiger partial charge on any atom is -0.504 e. The Kier molecular flexibility index (Phi) is 3.20. The molecule has 2 bridgehead atoms. The highest BCUT2D eigenvalue weighted by Gasteiger charge is 2.76. The maximum absolute atomic E-state index is 12.3. The van der Waals surface area contributed by atoms with Crippen molar-refractivity contribution < 1.29 is 29.3 Å². The zero-order valence-electron chi connectivity index (χ0n) is 16.6. The number of aliphatic hydroxyl groups is 2. The molecule has 1 unspecified atom stereocenters. The lowest BCUT2D eigenvalue weighted by atomic mass is 9.48. The fraction of sp³-hybridized carbons (Fsp3) is 0.727. The molecule has 1 aromatic rings. The van der Waals surface area contributed by atoms with Crippen LogP contribution in [0.5, 0.6) is 17.2 Å². The van der Waals surface area contributed by atoms with Gasteiger partial charge in [-0.05, 0) is 37.3 Å². The minimum absolute atomic E-state index is 0.0618. The number of piperidine rings is 1. The van der Waals surface area contributed by atoms with Gasteiger partial charge in [0.1, 0.15) is 17.7 Å². The molecule has 2 aliphatic heterocycles. The summed E-state index contributed by atoms with van der Waals surface area (Å²) in [7, 11) is 3.83. The number of hydrogen-bond acceptors (Lipinski definition) is 5. The normalized spacial score (nSPS) is 45.4. The van der Waals surface area contributed by atoms with E-state index in [1.807, 2.05) is 6.07 Å². The van der Waals surface area contributed by atoms with Gasteiger partial charge >= 0.3 is 0 Å². The number of likely N-dealkylation sites (tertiary alicyclic amines) is 1. The van der Waals surface area contributed by atoms with Crippen molar-refractivity contribution in [2.75, 3.05) is 27.2 Å². The van der Waals surface area contributed by atoms with E-state index in [0.717, 1.165) is 47.5 Å². The Bertz CT molecular complexity index is 869. The maximum Gasteiger partial charge on any atom is 0.203 e. The Labute approximate surface area is 165 Å². The van der Waals surface area contributed by atoms with Crippen molar-refractivity contribution in [3.63, 3.8) is 0 Å². The van der Waals surface area contributed by atoms with Gasteiger partial charge in [-0.2, -0.15) is 0 Å². The highest BCUT2D eigenvalue weighted by molar-refractivity contribution is 5.67. The molecule has 1 saturated heterocycles. The first-order chi connectivity index (χ1) is 13.3. The number of aromatic hydroxyl groups is 1. The molecule has 6 heteroatoms. The first kappa shape index (κ1) is 17.4. The van der Waals surface area contributed by atoms with E-state index in [1.165, 1.54) is 20.0 Å². The van der Waals surface area contributed by atoms with E-state index in [4.69, 9.17) is 9.47 Å². The zero-order valence-corrected chi connectivity index (χ0v) is 16.6. The smallest absolute Gasteiger partial charge is 0.203 e. The molecule has 1 aromatic carbocycles. The minimum atomic E-state index is -0.904. The van der Waals surface area contributed by atoms with Crippen LogP contribution in [0.1, 0.15) is 43.2 Å². The van der Waals surface area contributed by atoms with E-state index in [1.54, 1.807) is 0 Å². The third-order valence-corrected chi connectivity index (χ3v) is 8.73. The van der Waals surface area contributed by atoms with Crippen molar-refractivity contribution in [2.45, 2.75) is 67.8 Å². The summed E-state index contributed by atoms with van der Waals surface area (Å²) >= 11 is 0. The molecule has 2 saturated carbocycles. The van der Waals surface area contributed by atoms with Crippen LogP contribution in [0.15, 0.2) is 6.07 Å². The van der Waals surface area contributed by atoms with Gasteiger partial charge in [0.15, 0.2) is 11.5 Å². The summed E-state index contributed by atoms with van der Waals surface area (Å²) in [4.78, 5) is 0. The van der Waals surface area contributed by atoms with E-state index >= 15 is 0 Å². The summed E-state index contributed by atoms with van der Waals surface area (Å²) in [5.41, 5.74) is 0.529. The fourth-order valence-corrected chi connectivity index (χ4v) is 7.38. The number of aliphatic hydroxyl groups excluding tert-OH is 1. The Hall–Kier alpha value is -1.50. The lowest BCUT2D eigenvalue weighted by Gasteiger charge is -2.65. The molecule has 152 valence electrons. The van der Waals surface area contributed by atoms with Crippen LogP contribution in [-0.4, -0.2) is 70.9 Å². The van der Waals surface area contributed by atoms with E-state index < -0.39 is 23.2 Å². The number of nitrogens with zero attached hydrogens (tertiary/aromatic N) is 1. The van der Waals surface area contributed by atoms with E-state index in [0.29, 0.717) is 24.3 Å². The molecule has 5 aliphatic rings. The van der Waals surface area contributed by atoms with Gasteiger partial charge in [0, 0.05) is 24.3 Å². The topological polar surface area (TPSA) is 79.2 Å². The van der Waals surface area contributed by atoms with Crippen LogP contribution in [0.2, 0.25) is 0 Å². The Balaban J connectivity index is 1.60. The highest BCUT2D eigenvalue weighted by Crippen LogP contribution is 2.67. The summed E-state index contributed by atoms with van der Waals surface area (Å²) < 4.78 is 12.7. The first-order valence-corrected chi connectivity index (χ1v) is 10.7. The van der Waals surface area contributed by atoms with Gasteiger partial charge in [-0.3, -0.25) is 0 Å². The van der Waals surface area contributed by atoms with Crippen molar-refractivity contribution in [3.8, 4) is 17.2 Å². The van der Waals surface area contributed by atoms with Crippen LogP contribution >= 0.6 is 0 Å². The Morgan fingerprint density at radius 2 is 2.07 bits per heavy atom. The molecule has 1 spiro atoms. The maximum atomic E-state index is 12.3. The van der Waals surface area contributed by atoms with Gasteiger partial charge in [0.2, 0.25) is 5.75 Å². The van der Waals surface area contributed by atoms with E-state index in [-0.39, 0.29) is 11.8 Å². The third kappa shape index (κ3) is 1.81. The second-order valence-corrected chi connectivity index (χ2v) is 10.1. The van der Waals surface area contributed by atoms with Gasteiger partial charge in [-0.1, -0.05) is 0 Å². The standard InChI is InChI=1S/C22H29NO5/c1-23(11-12-3-4-12)8-7-21-17-13-9-15(25)18(27-2)19(17)28-20(21)14(24)5-6-22(21,26)16(23)10-13/h9,12,14,16,20,24,26H,3-8,10-11H2,1-2H3/p+1/t14-,16+,20-,21-,22+,23?/m0/s1. The molecule has 3 aliphatic carbocycles. The zero-order chi connectivity index (χ0) is 19.5.